The molecular weight excluding hydrogens is 500 g/mol. The predicted octanol–water partition coefficient (Wildman–Crippen LogP) is 0.725. The predicted molar refractivity (Wildman–Crippen MR) is 124 cm³/mol. The Morgan fingerprint density at radius 1 is 0.833 bits per heavy atom. The highest BCUT2D eigenvalue weighted by molar-refractivity contribution is 7.89. The molecule has 0 radical (unpaired) electrons. The maximum absolute atomic E-state index is 12.5. The van der Waals surface area contributed by atoms with Gasteiger partial charge in [-0.15, -0.1) is 0 Å². The van der Waals surface area contributed by atoms with Crippen LogP contribution in [0, 0.1) is 20.2 Å². The molecule has 0 saturated carbocycles. The molecule has 2 aromatic rings. The summed E-state index contributed by atoms with van der Waals surface area (Å²) in [5, 5.41) is 24.1. The van der Waals surface area contributed by atoms with E-state index in [1.165, 1.54) is 28.6 Å². The Balaban J connectivity index is 1.95. The molecule has 0 aliphatic rings. The molecule has 0 aliphatic carbocycles. The number of nitro groups is 2. The van der Waals surface area contributed by atoms with E-state index in [1.807, 2.05) is 10.9 Å². The average molecular weight is 522 g/mol. The molecule has 0 aliphatic heterocycles. The first kappa shape index (κ1) is 27.8. The standard InChI is InChI=1S/C20H22N6O9S/c1-3-24(4-2)36(34,35)17-7-5-13(6-8-17)19(28)21-12-18(27)22-23-20(29)14-9-15(25(30)31)11-16(10-14)26(32)33/h5-11H,3-4,12H2,1-2H3,(H,21,28)(H,22,27)(H,23,29). The van der Waals surface area contributed by atoms with Crippen LogP contribution in [0.3, 0.4) is 0 Å². The minimum Gasteiger partial charge on any atom is -0.343 e. The average Bonchev–Trinajstić information content (AvgIpc) is 2.86. The van der Waals surface area contributed by atoms with E-state index in [0.29, 0.717) is 6.07 Å². The van der Waals surface area contributed by atoms with Crippen LogP contribution in [-0.2, 0) is 14.8 Å². The van der Waals surface area contributed by atoms with Gasteiger partial charge in [0, 0.05) is 30.8 Å². The largest absolute Gasteiger partial charge is 0.343 e. The summed E-state index contributed by atoms with van der Waals surface area (Å²) in [4.78, 5) is 56.4. The molecule has 2 rings (SSSR count). The van der Waals surface area contributed by atoms with Crippen molar-refractivity contribution in [2.75, 3.05) is 19.6 Å². The second-order valence-electron chi connectivity index (χ2n) is 7.05. The normalized spacial score (nSPS) is 11.0. The maximum atomic E-state index is 12.5. The molecule has 36 heavy (non-hydrogen) atoms. The minimum absolute atomic E-state index is 0.00425. The van der Waals surface area contributed by atoms with Crippen molar-refractivity contribution >= 4 is 39.1 Å². The van der Waals surface area contributed by atoms with E-state index < -0.39 is 61.1 Å². The van der Waals surface area contributed by atoms with Gasteiger partial charge in [0.2, 0.25) is 10.0 Å². The molecule has 16 heteroatoms. The summed E-state index contributed by atoms with van der Waals surface area (Å²) in [6, 6.07) is 7.35. The number of benzene rings is 2. The zero-order valence-electron chi connectivity index (χ0n) is 19.1. The number of nitrogens with one attached hydrogen (secondary N) is 3. The number of carbonyl (C=O) groups is 3. The Morgan fingerprint density at radius 3 is 1.83 bits per heavy atom. The molecule has 2 aromatic carbocycles. The molecule has 0 heterocycles. The molecule has 3 N–H and O–H groups in total. The lowest BCUT2D eigenvalue weighted by atomic mass is 10.1. The highest BCUT2D eigenvalue weighted by atomic mass is 32.2. The van der Waals surface area contributed by atoms with E-state index >= 15 is 0 Å². The van der Waals surface area contributed by atoms with E-state index in [-0.39, 0.29) is 23.5 Å². The summed E-state index contributed by atoms with van der Waals surface area (Å²) >= 11 is 0. The number of rotatable bonds is 10. The van der Waals surface area contributed by atoms with Crippen molar-refractivity contribution in [1.29, 1.82) is 0 Å². The number of carbonyl (C=O) groups excluding carboxylic acids is 3. The number of hydrogen-bond donors (Lipinski definition) is 3. The highest BCUT2D eigenvalue weighted by Crippen LogP contribution is 2.22. The lowest BCUT2D eigenvalue weighted by Gasteiger charge is -2.18. The van der Waals surface area contributed by atoms with E-state index in [1.54, 1.807) is 13.8 Å². The van der Waals surface area contributed by atoms with Crippen LogP contribution in [0.1, 0.15) is 34.6 Å². The summed E-state index contributed by atoms with van der Waals surface area (Å²) in [6.07, 6.45) is 0. The zero-order chi connectivity index (χ0) is 27.0. The van der Waals surface area contributed by atoms with Crippen molar-refractivity contribution in [3.05, 3.63) is 73.8 Å². The fraction of sp³-hybridized carbons (Fsp3) is 0.250. The molecule has 0 spiro atoms. The lowest BCUT2D eigenvalue weighted by molar-refractivity contribution is -0.394. The van der Waals surface area contributed by atoms with Gasteiger partial charge in [0.05, 0.1) is 32.9 Å². The number of nitro benzene ring substituents is 2. The SMILES string of the molecule is CCN(CC)S(=O)(=O)c1ccc(C(=O)NCC(=O)NNC(=O)c2cc([N+](=O)[O-])cc([N+](=O)[O-])c2)cc1. The molecule has 15 nitrogen and oxygen atoms in total. The number of hydrogen-bond acceptors (Lipinski definition) is 9. The minimum atomic E-state index is -3.70. The van der Waals surface area contributed by atoms with Crippen LogP contribution in [0.25, 0.3) is 0 Å². The Hall–Kier alpha value is -4.44. The van der Waals surface area contributed by atoms with Gasteiger partial charge >= 0.3 is 0 Å². The molecule has 0 bridgehead atoms. The summed E-state index contributed by atoms with van der Waals surface area (Å²) in [7, 11) is -3.70. The first-order chi connectivity index (χ1) is 16.9. The Morgan fingerprint density at radius 2 is 1.36 bits per heavy atom. The fourth-order valence-corrected chi connectivity index (χ4v) is 4.39. The third-order valence-electron chi connectivity index (χ3n) is 4.77. The molecular formula is C20H22N6O9S. The van der Waals surface area contributed by atoms with Crippen LogP contribution in [0.4, 0.5) is 11.4 Å². The third-order valence-corrected chi connectivity index (χ3v) is 6.84. The number of amides is 3. The smallest absolute Gasteiger partial charge is 0.277 e. The van der Waals surface area contributed by atoms with Crippen molar-refractivity contribution in [2.24, 2.45) is 0 Å². The summed E-state index contributed by atoms with van der Waals surface area (Å²) in [5.41, 5.74) is 2.15. The van der Waals surface area contributed by atoms with Crippen LogP contribution in [0.2, 0.25) is 0 Å². The molecule has 192 valence electrons. The number of hydrazine groups is 1. The second-order valence-corrected chi connectivity index (χ2v) is 8.99. The van der Waals surface area contributed by atoms with E-state index in [0.717, 1.165) is 12.1 Å². The lowest BCUT2D eigenvalue weighted by Crippen LogP contribution is -2.46. The summed E-state index contributed by atoms with van der Waals surface area (Å²) in [6.45, 7) is 3.37. The van der Waals surface area contributed by atoms with Gasteiger partial charge in [-0.2, -0.15) is 4.31 Å². The fourth-order valence-electron chi connectivity index (χ4n) is 2.93. The van der Waals surface area contributed by atoms with Crippen molar-refractivity contribution in [3.63, 3.8) is 0 Å². The van der Waals surface area contributed by atoms with Crippen LogP contribution >= 0.6 is 0 Å². The van der Waals surface area contributed by atoms with Crippen molar-refractivity contribution < 1.29 is 32.6 Å². The van der Waals surface area contributed by atoms with Crippen LogP contribution in [-0.4, -0.2) is 59.9 Å². The topological polar surface area (TPSA) is 211 Å². The van der Waals surface area contributed by atoms with Crippen LogP contribution in [0.5, 0.6) is 0 Å². The number of sulfonamides is 1. The molecule has 0 aromatic heterocycles. The van der Waals surface area contributed by atoms with Gasteiger partial charge < -0.3 is 5.32 Å². The summed E-state index contributed by atoms with van der Waals surface area (Å²) < 4.78 is 26.2. The molecule has 0 atom stereocenters. The van der Waals surface area contributed by atoms with Gasteiger partial charge in [-0.3, -0.25) is 45.5 Å². The Bertz CT molecular complexity index is 1260. The number of nitrogens with zero attached hydrogens (tertiary/aromatic N) is 3. The molecule has 0 fully saturated rings. The van der Waals surface area contributed by atoms with E-state index in [4.69, 9.17) is 0 Å². The molecule has 0 saturated heterocycles. The van der Waals surface area contributed by atoms with Gasteiger partial charge in [0.15, 0.2) is 0 Å². The van der Waals surface area contributed by atoms with Gasteiger partial charge in [0.1, 0.15) is 0 Å². The van der Waals surface area contributed by atoms with Crippen molar-refractivity contribution in [2.45, 2.75) is 18.7 Å². The monoisotopic (exact) mass is 522 g/mol. The van der Waals surface area contributed by atoms with E-state index in [9.17, 15) is 43.0 Å². The number of non-ortho nitro benzene ring substituents is 2. The van der Waals surface area contributed by atoms with Gasteiger partial charge in [0.25, 0.3) is 29.1 Å². The van der Waals surface area contributed by atoms with Gasteiger partial charge in [-0.25, -0.2) is 8.42 Å². The van der Waals surface area contributed by atoms with Crippen molar-refractivity contribution in [1.82, 2.24) is 20.5 Å². The zero-order valence-corrected chi connectivity index (χ0v) is 19.9. The quantitative estimate of drug-likeness (QED) is 0.296. The van der Waals surface area contributed by atoms with Crippen LogP contribution in [0.15, 0.2) is 47.4 Å². The first-order valence-corrected chi connectivity index (χ1v) is 11.8. The molecule has 0 unspecified atom stereocenters. The van der Waals surface area contributed by atoms with Gasteiger partial charge in [-0.05, 0) is 24.3 Å². The maximum Gasteiger partial charge on any atom is 0.277 e. The summed E-state index contributed by atoms with van der Waals surface area (Å²) in [5.74, 6) is -2.64. The van der Waals surface area contributed by atoms with Gasteiger partial charge in [-0.1, -0.05) is 13.8 Å². The Kier molecular flexibility index (Phi) is 9.12. The highest BCUT2D eigenvalue weighted by Gasteiger charge is 2.22. The third kappa shape index (κ3) is 6.80. The van der Waals surface area contributed by atoms with Crippen LogP contribution < -0.4 is 16.2 Å². The first-order valence-electron chi connectivity index (χ1n) is 10.3. The van der Waals surface area contributed by atoms with Crippen molar-refractivity contribution in [3.8, 4) is 0 Å². The molecule has 3 amide bonds. The Labute approximate surface area is 204 Å². The van der Waals surface area contributed by atoms with E-state index in [2.05, 4.69) is 5.32 Å². The second kappa shape index (κ2) is 11.8.